The summed E-state index contributed by atoms with van der Waals surface area (Å²) in [5, 5.41) is 0. The predicted octanol–water partition coefficient (Wildman–Crippen LogP) is 9.19. The molecule has 0 fully saturated rings. The minimum absolute atomic E-state index is 0.289. The zero-order chi connectivity index (χ0) is 28.9. The Hall–Kier alpha value is -3.39. The summed E-state index contributed by atoms with van der Waals surface area (Å²) in [5.41, 5.74) is 0. The Morgan fingerprint density at radius 2 is 1.05 bits per heavy atom. The normalized spacial score (nSPS) is 12.6. The van der Waals surface area contributed by atoms with E-state index in [0.29, 0.717) is 5.75 Å². The van der Waals surface area contributed by atoms with E-state index in [-0.39, 0.29) is 22.4 Å². The molecule has 40 heavy (non-hydrogen) atoms. The molecule has 0 aliphatic heterocycles. The van der Waals surface area contributed by atoms with Crippen LogP contribution in [0.4, 0.5) is 31.1 Å². The lowest BCUT2D eigenvalue weighted by atomic mass is 10.3. The lowest BCUT2D eigenvalue weighted by Crippen LogP contribution is -2.46. The van der Waals surface area contributed by atoms with Crippen LogP contribution in [-0.2, 0) is 15.6 Å². The van der Waals surface area contributed by atoms with Crippen LogP contribution in [0.25, 0.3) is 0 Å². The van der Waals surface area contributed by atoms with E-state index in [1.165, 1.54) is 12.1 Å². The number of hydrogen-bond acceptors (Lipinski definition) is 4. The van der Waals surface area contributed by atoms with Crippen molar-refractivity contribution < 1.29 is 45.3 Å². The van der Waals surface area contributed by atoms with Gasteiger partial charge in [0, 0.05) is 3.57 Å². The van der Waals surface area contributed by atoms with Crippen molar-refractivity contribution in [3.8, 4) is 17.2 Å². The van der Waals surface area contributed by atoms with Crippen LogP contribution >= 0.6 is 22.6 Å². The van der Waals surface area contributed by atoms with E-state index in [4.69, 9.17) is 4.74 Å². The zero-order valence-corrected chi connectivity index (χ0v) is 23.1. The van der Waals surface area contributed by atoms with Gasteiger partial charge in [0.25, 0.3) is 6.10 Å². The number of rotatable bonds is 7. The molecule has 4 rings (SSSR count). The lowest BCUT2D eigenvalue weighted by Gasteiger charge is -2.22. The van der Waals surface area contributed by atoms with Crippen LogP contribution in [0.2, 0.25) is 0 Å². The second-order valence-corrected chi connectivity index (χ2v) is 11.3. The largest absolute Gasteiger partial charge is 0.514 e. The third-order valence-corrected chi connectivity index (χ3v) is 8.11. The van der Waals surface area contributed by atoms with Gasteiger partial charge in [-0.3, -0.25) is 0 Å². The molecule has 0 radical (unpaired) electrons. The summed E-state index contributed by atoms with van der Waals surface area (Å²) in [7, 11) is -0.362. The summed E-state index contributed by atoms with van der Waals surface area (Å²) in [6.45, 7) is 0. The summed E-state index contributed by atoms with van der Waals surface area (Å²) in [6.07, 6.45) is -18.1. The monoisotopic (exact) mass is 691 g/mol. The van der Waals surface area contributed by atoms with Gasteiger partial charge in [0.1, 0.15) is 17.2 Å². The Kier molecular flexibility index (Phi) is 9.19. The Balaban J connectivity index is 1.43. The average molecular weight is 691 g/mol. The van der Waals surface area contributed by atoms with Crippen LogP contribution in [0, 0.1) is 3.57 Å². The Morgan fingerprint density at radius 1 is 0.625 bits per heavy atom. The van der Waals surface area contributed by atoms with Crippen molar-refractivity contribution in [2.24, 2.45) is 0 Å². The highest BCUT2D eigenvalue weighted by Gasteiger charge is 2.60. The first-order chi connectivity index (χ1) is 18.9. The molecule has 1 unspecified atom stereocenters. The summed E-state index contributed by atoms with van der Waals surface area (Å²) in [5.74, 6) is 0.436. The smallest absolute Gasteiger partial charge is 0.457 e. The van der Waals surface area contributed by atoms with Crippen LogP contribution in [0.5, 0.6) is 17.2 Å². The fraction of sp³-hybridized carbons (Fsp3) is 0.107. The highest BCUT2D eigenvalue weighted by atomic mass is 127. The van der Waals surface area contributed by atoms with Crippen molar-refractivity contribution >= 4 is 39.6 Å². The van der Waals surface area contributed by atoms with Crippen molar-refractivity contribution in [2.45, 2.75) is 33.1 Å². The van der Waals surface area contributed by atoms with Gasteiger partial charge in [-0.15, -0.1) is 0 Å². The van der Waals surface area contributed by atoms with Gasteiger partial charge in [-0.05, 0) is 108 Å². The van der Waals surface area contributed by atoms with Crippen LogP contribution in [-0.4, -0.2) is 24.6 Å². The second kappa shape index (κ2) is 12.4. The standard InChI is InChI=1S/C28H18F6IO4S/c29-27(30,31)25(28(32,33)34)39-26(36)38-21-10-8-19(9-11-21)37-20-12-16-24(17-13-20)40(22-4-2-1-3-5-22)23-14-6-18(35)7-15-23/h1-17,25H/q+1. The zero-order valence-electron chi connectivity index (χ0n) is 20.1. The third-order valence-electron chi connectivity index (χ3n) is 5.16. The van der Waals surface area contributed by atoms with Gasteiger partial charge in [0.15, 0.2) is 14.7 Å². The molecule has 0 amide bonds. The van der Waals surface area contributed by atoms with E-state index >= 15 is 0 Å². The minimum atomic E-state index is -5.84. The predicted molar refractivity (Wildman–Crippen MR) is 144 cm³/mol. The van der Waals surface area contributed by atoms with Gasteiger partial charge >= 0.3 is 18.5 Å². The summed E-state index contributed by atoms with van der Waals surface area (Å²) >= 11 is 2.26. The summed E-state index contributed by atoms with van der Waals surface area (Å²) in [4.78, 5) is 14.9. The first kappa shape index (κ1) is 29.6. The van der Waals surface area contributed by atoms with E-state index in [1.54, 1.807) is 12.1 Å². The van der Waals surface area contributed by atoms with E-state index < -0.39 is 24.6 Å². The van der Waals surface area contributed by atoms with E-state index in [2.05, 4.69) is 56.3 Å². The highest BCUT2D eigenvalue weighted by Crippen LogP contribution is 2.36. The molecule has 0 saturated heterocycles. The SMILES string of the molecule is O=C(Oc1ccc(Oc2ccc([S+](c3ccccc3)c3ccc(I)cc3)cc2)cc1)OC(C(F)(F)F)C(F)(F)F. The molecule has 4 aromatic rings. The molecule has 12 heteroatoms. The Labute approximate surface area is 241 Å². The van der Waals surface area contributed by atoms with Gasteiger partial charge in [-0.1, -0.05) is 18.2 Å². The minimum Gasteiger partial charge on any atom is -0.457 e. The fourth-order valence-electron chi connectivity index (χ4n) is 3.43. The molecule has 0 saturated carbocycles. The molecule has 1 atom stereocenters. The number of benzene rings is 4. The topological polar surface area (TPSA) is 44.8 Å². The van der Waals surface area contributed by atoms with Crippen molar-refractivity contribution in [1.29, 1.82) is 0 Å². The van der Waals surface area contributed by atoms with Gasteiger partial charge in [-0.25, -0.2) is 4.79 Å². The number of carbonyl (C=O) groups is 1. The van der Waals surface area contributed by atoms with Crippen molar-refractivity contribution in [1.82, 2.24) is 0 Å². The molecule has 0 heterocycles. The maximum atomic E-state index is 12.6. The van der Waals surface area contributed by atoms with Crippen LogP contribution in [0.1, 0.15) is 0 Å². The fourth-order valence-corrected chi connectivity index (χ4v) is 5.85. The van der Waals surface area contributed by atoms with E-state index in [1.807, 2.05) is 42.5 Å². The number of carbonyl (C=O) groups excluding carboxylic acids is 1. The van der Waals surface area contributed by atoms with Crippen LogP contribution < -0.4 is 9.47 Å². The molecule has 0 N–H and O–H groups in total. The van der Waals surface area contributed by atoms with Crippen molar-refractivity contribution in [3.63, 3.8) is 0 Å². The Bertz CT molecular complexity index is 1400. The molecule has 4 nitrogen and oxygen atoms in total. The molecule has 0 aliphatic carbocycles. The second-order valence-electron chi connectivity index (χ2n) is 8.05. The summed E-state index contributed by atoms with van der Waals surface area (Å²) in [6, 6.07) is 30.7. The van der Waals surface area contributed by atoms with Crippen molar-refractivity contribution in [2.75, 3.05) is 0 Å². The summed E-state index contributed by atoms with van der Waals surface area (Å²) < 4.78 is 90.2. The Morgan fingerprint density at radius 3 is 1.55 bits per heavy atom. The lowest BCUT2D eigenvalue weighted by molar-refractivity contribution is -0.309. The first-order valence-corrected chi connectivity index (χ1v) is 13.7. The molecule has 0 bridgehead atoms. The van der Waals surface area contributed by atoms with E-state index in [9.17, 15) is 31.1 Å². The van der Waals surface area contributed by atoms with Crippen LogP contribution in [0.3, 0.4) is 0 Å². The highest BCUT2D eigenvalue weighted by molar-refractivity contribution is 14.1. The quantitative estimate of drug-likeness (QED) is 0.0638. The number of halogens is 7. The molecule has 0 spiro atoms. The van der Waals surface area contributed by atoms with Gasteiger partial charge in [0.05, 0.1) is 10.9 Å². The van der Waals surface area contributed by atoms with Gasteiger partial charge in [-0.2, -0.15) is 26.3 Å². The van der Waals surface area contributed by atoms with Gasteiger partial charge < -0.3 is 14.2 Å². The molecule has 4 aromatic carbocycles. The maximum Gasteiger partial charge on any atom is 0.514 e. The van der Waals surface area contributed by atoms with Crippen LogP contribution in [0.15, 0.2) is 118 Å². The maximum absolute atomic E-state index is 12.6. The molecular formula is C28H18F6IO4S+. The average Bonchev–Trinajstić information content (AvgIpc) is 2.90. The van der Waals surface area contributed by atoms with Crippen molar-refractivity contribution in [3.05, 3.63) is 107 Å². The molecular weight excluding hydrogens is 673 g/mol. The molecule has 0 aliphatic rings. The number of alkyl halides is 6. The number of ether oxygens (including phenoxy) is 3. The van der Waals surface area contributed by atoms with Gasteiger partial charge in [0.2, 0.25) is 0 Å². The number of hydrogen-bond donors (Lipinski definition) is 0. The molecule has 208 valence electrons. The third kappa shape index (κ3) is 7.84. The first-order valence-electron chi connectivity index (χ1n) is 11.3. The molecule has 0 aromatic heterocycles. The van der Waals surface area contributed by atoms with E-state index in [0.717, 1.165) is 30.4 Å².